The van der Waals surface area contributed by atoms with Crippen LogP contribution in [0.4, 0.5) is 11.5 Å². The number of hydrogen-bond donors (Lipinski definition) is 2. The van der Waals surface area contributed by atoms with Crippen LogP contribution in [-0.2, 0) is 13.5 Å². The molecule has 0 spiro atoms. The van der Waals surface area contributed by atoms with Crippen molar-refractivity contribution in [1.82, 2.24) is 20.0 Å². The Balaban J connectivity index is 1.97. The second-order valence-electron chi connectivity index (χ2n) is 4.90. The lowest BCUT2D eigenvalue weighted by Crippen LogP contribution is -2.45. The van der Waals surface area contributed by atoms with E-state index in [2.05, 4.69) is 20.6 Å². The number of nitrogens with one attached hydrogen (secondary N) is 2. The molecule has 0 aromatic carbocycles. The number of rotatable bonds is 6. The lowest BCUT2D eigenvalue weighted by atomic mass is 10.3. The summed E-state index contributed by atoms with van der Waals surface area (Å²) in [6, 6.07) is 0. The Labute approximate surface area is 118 Å². The first-order valence-corrected chi connectivity index (χ1v) is 7.00. The molecule has 0 saturated carbocycles. The maximum absolute atomic E-state index is 11.2. The summed E-state index contributed by atoms with van der Waals surface area (Å²) in [5, 5.41) is 21.8. The van der Waals surface area contributed by atoms with E-state index in [0.29, 0.717) is 24.5 Å². The van der Waals surface area contributed by atoms with E-state index in [1.165, 1.54) is 0 Å². The molecule has 1 aliphatic rings. The maximum atomic E-state index is 11.2. The van der Waals surface area contributed by atoms with Gasteiger partial charge in [0.25, 0.3) is 0 Å². The van der Waals surface area contributed by atoms with Gasteiger partial charge in [-0.05, 0) is 6.42 Å². The molecule has 2 heterocycles. The van der Waals surface area contributed by atoms with Crippen molar-refractivity contribution < 1.29 is 4.92 Å². The van der Waals surface area contributed by atoms with Crippen molar-refractivity contribution in [1.29, 1.82) is 0 Å². The predicted molar refractivity (Wildman–Crippen MR) is 77.0 cm³/mol. The lowest BCUT2D eigenvalue weighted by molar-refractivity contribution is -0.384. The molecule has 1 aliphatic heterocycles. The van der Waals surface area contributed by atoms with Gasteiger partial charge in [-0.25, -0.2) is 4.68 Å². The van der Waals surface area contributed by atoms with Crippen LogP contribution in [0, 0.1) is 10.1 Å². The van der Waals surface area contributed by atoms with Crippen LogP contribution in [0.25, 0.3) is 0 Å². The van der Waals surface area contributed by atoms with Crippen molar-refractivity contribution in [3.63, 3.8) is 0 Å². The van der Waals surface area contributed by atoms with Gasteiger partial charge in [-0.15, -0.1) is 0 Å². The van der Waals surface area contributed by atoms with Crippen LogP contribution in [0.2, 0.25) is 0 Å². The molecule has 0 amide bonds. The van der Waals surface area contributed by atoms with Crippen LogP contribution >= 0.6 is 0 Å². The average molecular weight is 282 g/mol. The van der Waals surface area contributed by atoms with Crippen molar-refractivity contribution >= 4 is 11.5 Å². The minimum atomic E-state index is -0.348. The minimum Gasteiger partial charge on any atom is -0.363 e. The van der Waals surface area contributed by atoms with E-state index in [9.17, 15) is 10.1 Å². The number of anilines is 1. The number of aromatic nitrogens is 2. The molecule has 2 N–H and O–H groups in total. The highest BCUT2D eigenvalue weighted by atomic mass is 16.6. The highest BCUT2D eigenvalue weighted by Crippen LogP contribution is 2.28. The van der Waals surface area contributed by atoms with E-state index >= 15 is 0 Å². The average Bonchev–Trinajstić information content (AvgIpc) is 2.77. The summed E-state index contributed by atoms with van der Waals surface area (Å²) in [6.07, 6.45) is 0.559. The summed E-state index contributed by atoms with van der Waals surface area (Å²) in [4.78, 5) is 13.2. The standard InChI is InChI=1S/C12H22N6O2/c1-3-10-11(18(19)20)12(16(2)15-10)14-6-9-17-7-4-13-5-8-17/h13-14H,3-9H2,1-2H3. The zero-order valence-corrected chi connectivity index (χ0v) is 12.1. The third-order valence-corrected chi connectivity index (χ3v) is 3.54. The Kier molecular flexibility index (Phi) is 4.91. The van der Waals surface area contributed by atoms with E-state index in [4.69, 9.17) is 0 Å². The smallest absolute Gasteiger partial charge is 0.333 e. The Hall–Kier alpha value is -1.67. The molecule has 0 atom stereocenters. The molecular weight excluding hydrogens is 260 g/mol. The van der Waals surface area contributed by atoms with Gasteiger partial charge in [0.15, 0.2) is 0 Å². The van der Waals surface area contributed by atoms with Gasteiger partial charge in [0.05, 0.1) is 4.92 Å². The largest absolute Gasteiger partial charge is 0.363 e. The zero-order chi connectivity index (χ0) is 14.5. The molecule has 0 radical (unpaired) electrons. The fourth-order valence-electron chi connectivity index (χ4n) is 2.46. The van der Waals surface area contributed by atoms with Crippen LogP contribution in [0.3, 0.4) is 0 Å². The number of nitro groups is 1. The molecule has 0 aliphatic carbocycles. The minimum absolute atomic E-state index is 0.107. The van der Waals surface area contributed by atoms with Crippen LogP contribution in [-0.4, -0.2) is 58.9 Å². The molecule has 1 fully saturated rings. The fourth-order valence-corrected chi connectivity index (χ4v) is 2.46. The molecule has 1 saturated heterocycles. The Morgan fingerprint density at radius 1 is 1.45 bits per heavy atom. The first-order valence-electron chi connectivity index (χ1n) is 7.00. The SMILES string of the molecule is CCc1nn(C)c(NCCN2CCNCC2)c1[N+](=O)[O-]. The monoisotopic (exact) mass is 282 g/mol. The number of nitrogens with zero attached hydrogens (tertiary/aromatic N) is 4. The normalized spacial score (nSPS) is 16.3. The summed E-state index contributed by atoms with van der Waals surface area (Å²) < 4.78 is 1.56. The Morgan fingerprint density at radius 2 is 2.15 bits per heavy atom. The molecule has 0 unspecified atom stereocenters. The first kappa shape index (κ1) is 14.7. The summed E-state index contributed by atoms with van der Waals surface area (Å²) in [7, 11) is 1.74. The summed E-state index contributed by atoms with van der Waals surface area (Å²) >= 11 is 0. The molecule has 1 aromatic heterocycles. The summed E-state index contributed by atoms with van der Waals surface area (Å²) in [6.45, 7) is 7.50. The van der Waals surface area contributed by atoms with Crippen LogP contribution in [0.15, 0.2) is 0 Å². The molecule has 20 heavy (non-hydrogen) atoms. The van der Waals surface area contributed by atoms with Gasteiger partial charge >= 0.3 is 5.69 Å². The van der Waals surface area contributed by atoms with E-state index in [0.717, 1.165) is 32.7 Å². The topological polar surface area (TPSA) is 88.3 Å². The molecule has 112 valence electrons. The highest BCUT2D eigenvalue weighted by Gasteiger charge is 2.25. The molecule has 8 heteroatoms. The van der Waals surface area contributed by atoms with Gasteiger partial charge < -0.3 is 10.6 Å². The van der Waals surface area contributed by atoms with Gasteiger partial charge in [0.2, 0.25) is 5.82 Å². The summed E-state index contributed by atoms with van der Waals surface area (Å²) in [5.41, 5.74) is 0.637. The second-order valence-corrected chi connectivity index (χ2v) is 4.90. The molecular formula is C12H22N6O2. The third-order valence-electron chi connectivity index (χ3n) is 3.54. The summed E-state index contributed by atoms with van der Waals surface area (Å²) in [5.74, 6) is 0.502. The Bertz CT molecular complexity index is 467. The van der Waals surface area contributed by atoms with E-state index in [1.54, 1.807) is 11.7 Å². The number of aryl methyl sites for hydroxylation is 2. The number of hydrogen-bond acceptors (Lipinski definition) is 6. The first-order chi connectivity index (χ1) is 9.63. The lowest BCUT2D eigenvalue weighted by Gasteiger charge is -2.27. The zero-order valence-electron chi connectivity index (χ0n) is 12.1. The van der Waals surface area contributed by atoms with Crippen molar-refractivity contribution in [3.05, 3.63) is 15.8 Å². The van der Waals surface area contributed by atoms with Crippen LogP contribution in [0.5, 0.6) is 0 Å². The van der Waals surface area contributed by atoms with Crippen molar-refractivity contribution in [2.45, 2.75) is 13.3 Å². The van der Waals surface area contributed by atoms with E-state index in [1.807, 2.05) is 6.92 Å². The third kappa shape index (κ3) is 3.26. The molecule has 0 bridgehead atoms. The Morgan fingerprint density at radius 3 is 2.75 bits per heavy atom. The molecule has 1 aromatic rings. The van der Waals surface area contributed by atoms with Crippen molar-refractivity contribution in [2.24, 2.45) is 7.05 Å². The van der Waals surface area contributed by atoms with E-state index in [-0.39, 0.29) is 10.6 Å². The highest BCUT2D eigenvalue weighted by molar-refractivity contribution is 5.59. The van der Waals surface area contributed by atoms with Gasteiger partial charge in [-0.1, -0.05) is 6.92 Å². The maximum Gasteiger partial charge on any atom is 0.333 e. The van der Waals surface area contributed by atoms with Crippen molar-refractivity contribution in [2.75, 3.05) is 44.6 Å². The van der Waals surface area contributed by atoms with Gasteiger partial charge in [0.1, 0.15) is 5.69 Å². The fraction of sp³-hybridized carbons (Fsp3) is 0.750. The number of piperazine rings is 1. The molecule has 8 nitrogen and oxygen atoms in total. The molecule has 2 rings (SSSR count). The van der Waals surface area contributed by atoms with Gasteiger partial charge in [0, 0.05) is 46.3 Å². The second kappa shape index (κ2) is 6.67. The van der Waals surface area contributed by atoms with Crippen LogP contribution in [0.1, 0.15) is 12.6 Å². The van der Waals surface area contributed by atoms with E-state index < -0.39 is 0 Å². The van der Waals surface area contributed by atoms with Crippen LogP contribution < -0.4 is 10.6 Å². The van der Waals surface area contributed by atoms with Crippen molar-refractivity contribution in [3.8, 4) is 0 Å². The predicted octanol–water partition coefficient (Wildman–Crippen LogP) is 0.208. The quantitative estimate of drug-likeness (QED) is 0.573. The van der Waals surface area contributed by atoms with Gasteiger partial charge in [-0.3, -0.25) is 15.0 Å². The van der Waals surface area contributed by atoms with Gasteiger partial charge in [-0.2, -0.15) is 5.10 Å².